The number of nitrogens with one attached hydrogen (secondary N) is 1. The maximum atomic E-state index is 13.8. The molecule has 4 aromatic rings. The molecule has 1 N–H and O–H groups in total. The summed E-state index contributed by atoms with van der Waals surface area (Å²) >= 11 is 0. The number of esters is 1. The Hall–Kier alpha value is -4.31. The highest BCUT2D eigenvalue weighted by molar-refractivity contribution is 5.96. The molecule has 4 aliphatic carbocycles. The molecule has 0 radical (unpaired) electrons. The molecule has 8 rings (SSSR count). The molecule has 3 heterocycles. The molecule has 0 saturated heterocycles. The minimum Gasteiger partial charge on any atom is -0.455 e. The van der Waals surface area contributed by atoms with Crippen molar-refractivity contribution in [1.82, 2.24) is 25.1 Å². The van der Waals surface area contributed by atoms with Gasteiger partial charge >= 0.3 is 12.1 Å². The Kier molecular flexibility index (Phi) is 9.03. The molecule has 4 saturated carbocycles. The lowest BCUT2D eigenvalue weighted by atomic mass is 9.39. The third kappa shape index (κ3) is 7.84. The van der Waals surface area contributed by atoms with Gasteiger partial charge in [0, 0.05) is 47.1 Å². The maximum Gasteiger partial charge on any atom is 0.407 e. The zero-order valence-electron chi connectivity index (χ0n) is 32.9. The Morgan fingerprint density at radius 1 is 0.849 bits per heavy atom. The summed E-state index contributed by atoms with van der Waals surface area (Å²) in [6.07, 6.45) is 9.67. The molecule has 1 amide bonds. The van der Waals surface area contributed by atoms with E-state index in [1.807, 2.05) is 90.2 Å². The predicted molar refractivity (Wildman–Crippen MR) is 205 cm³/mol. The van der Waals surface area contributed by atoms with Gasteiger partial charge in [-0.3, -0.25) is 9.67 Å². The number of nitrogens with zero attached hydrogens (tertiary/aromatic N) is 4. The summed E-state index contributed by atoms with van der Waals surface area (Å²) in [6, 6.07) is 13.9. The van der Waals surface area contributed by atoms with Crippen molar-refractivity contribution >= 4 is 23.0 Å². The number of rotatable bonds is 9. The topological polar surface area (TPSA) is 117 Å². The second kappa shape index (κ2) is 12.9. The van der Waals surface area contributed by atoms with Crippen LogP contribution in [0.1, 0.15) is 110 Å². The number of ether oxygens (including phenoxy) is 3. The van der Waals surface area contributed by atoms with Gasteiger partial charge in [-0.25, -0.2) is 14.6 Å². The molecular weight excluding hydrogens is 667 g/mol. The van der Waals surface area contributed by atoms with Crippen molar-refractivity contribution in [3.8, 4) is 22.4 Å². The summed E-state index contributed by atoms with van der Waals surface area (Å²) in [7, 11) is 0. The quantitative estimate of drug-likeness (QED) is 0.134. The van der Waals surface area contributed by atoms with Crippen LogP contribution in [0.15, 0.2) is 54.9 Å². The number of aromatic nitrogens is 4. The average Bonchev–Trinajstić information content (AvgIpc) is 3.37. The van der Waals surface area contributed by atoms with E-state index in [1.54, 1.807) is 6.20 Å². The molecule has 10 heteroatoms. The van der Waals surface area contributed by atoms with Gasteiger partial charge in [-0.1, -0.05) is 32.0 Å². The molecule has 53 heavy (non-hydrogen) atoms. The Labute approximate surface area is 313 Å². The molecule has 4 bridgehead atoms. The van der Waals surface area contributed by atoms with E-state index in [9.17, 15) is 9.59 Å². The van der Waals surface area contributed by atoms with E-state index in [2.05, 4.69) is 35.8 Å². The Bertz CT molecular complexity index is 2040. The van der Waals surface area contributed by atoms with Crippen LogP contribution in [0.5, 0.6) is 0 Å². The number of hydrogen-bond acceptors (Lipinski definition) is 8. The van der Waals surface area contributed by atoms with Gasteiger partial charge in [0.2, 0.25) is 0 Å². The van der Waals surface area contributed by atoms with Crippen LogP contribution in [0.25, 0.3) is 33.3 Å². The average molecular weight is 722 g/mol. The number of benzene rings is 1. The number of hydrogen-bond donors (Lipinski definition) is 1. The van der Waals surface area contributed by atoms with Crippen LogP contribution < -0.4 is 5.32 Å². The lowest BCUT2D eigenvalue weighted by Crippen LogP contribution is -2.64. The molecule has 4 aliphatic rings. The Morgan fingerprint density at radius 2 is 1.55 bits per heavy atom. The van der Waals surface area contributed by atoms with Gasteiger partial charge in [0.15, 0.2) is 5.69 Å². The van der Waals surface area contributed by atoms with Crippen molar-refractivity contribution in [2.45, 2.75) is 124 Å². The SMILES string of the molecule is Cc1c(-c2ccc(-c3cnc4ccccc4c3)nc2C(=O)OC(C)(C)C)cnn1CC12CC3(C)CC(C)(C1)CC(OCCNC(=O)OC(C)(C)C)(C3)C2. The van der Waals surface area contributed by atoms with Crippen LogP contribution in [0, 0.1) is 23.2 Å². The van der Waals surface area contributed by atoms with E-state index in [1.165, 1.54) is 6.42 Å². The van der Waals surface area contributed by atoms with E-state index < -0.39 is 23.3 Å². The lowest BCUT2D eigenvalue weighted by molar-refractivity contribution is -0.247. The third-order valence-corrected chi connectivity index (χ3v) is 11.1. The highest BCUT2D eigenvalue weighted by atomic mass is 16.6. The van der Waals surface area contributed by atoms with Crippen LogP contribution in [0.3, 0.4) is 0 Å². The van der Waals surface area contributed by atoms with E-state index in [0.29, 0.717) is 24.4 Å². The van der Waals surface area contributed by atoms with Gasteiger partial charge in [-0.15, -0.1) is 0 Å². The summed E-state index contributed by atoms with van der Waals surface area (Å²) < 4.78 is 20.3. The molecule has 0 spiro atoms. The molecule has 0 aliphatic heterocycles. The largest absolute Gasteiger partial charge is 0.455 e. The van der Waals surface area contributed by atoms with Crippen LogP contribution in [-0.4, -0.2) is 61.8 Å². The summed E-state index contributed by atoms with van der Waals surface area (Å²) in [6.45, 7) is 19.7. The van der Waals surface area contributed by atoms with Crippen LogP contribution in [0.4, 0.5) is 4.79 Å². The van der Waals surface area contributed by atoms with E-state index in [0.717, 1.165) is 66.4 Å². The van der Waals surface area contributed by atoms with Crippen molar-refractivity contribution in [3.05, 3.63) is 66.2 Å². The lowest BCUT2D eigenvalue weighted by Gasteiger charge is -2.69. The maximum absolute atomic E-state index is 13.8. The number of amides is 1. The fourth-order valence-corrected chi connectivity index (χ4v) is 10.6. The van der Waals surface area contributed by atoms with Gasteiger partial charge in [-0.05, 0) is 128 Å². The highest BCUT2D eigenvalue weighted by Gasteiger charge is 2.66. The van der Waals surface area contributed by atoms with E-state index >= 15 is 0 Å². The molecule has 1 aromatic carbocycles. The fourth-order valence-electron chi connectivity index (χ4n) is 10.6. The summed E-state index contributed by atoms with van der Waals surface area (Å²) in [5.41, 5.74) is 4.02. The van der Waals surface area contributed by atoms with Crippen LogP contribution in [-0.2, 0) is 20.8 Å². The Balaban J connectivity index is 1.16. The number of carbonyl (C=O) groups excluding carboxylic acids is 2. The normalized spacial score (nSPS) is 26.5. The molecule has 2 atom stereocenters. The van der Waals surface area contributed by atoms with E-state index in [-0.39, 0.29) is 27.5 Å². The number of alkyl carbamates (subject to hydrolysis) is 1. The summed E-state index contributed by atoms with van der Waals surface area (Å²) in [4.78, 5) is 35.7. The third-order valence-electron chi connectivity index (χ3n) is 11.1. The zero-order valence-corrected chi connectivity index (χ0v) is 32.9. The number of para-hydroxylation sites is 1. The van der Waals surface area contributed by atoms with E-state index in [4.69, 9.17) is 24.3 Å². The monoisotopic (exact) mass is 721 g/mol. The number of carbonyl (C=O) groups is 2. The fraction of sp³-hybridized carbons (Fsp3) is 0.558. The Morgan fingerprint density at radius 3 is 2.25 bits per heavy atom. The molecule has 282 valence electrons. The van der Waals surface area contributed by atoms with Crippen molar-refractivity contribution in [3.63, 3.8) is 0 Å². The second-order valence-electron chi connectivity index (χ2n) is 19.0. The number of fused-ring (bicyclic) bond motifs is 1. The number of pyridine rings is 2. The molecule has 10 nitrogen and oxygen atoms in total. The molecule has 2 unspecified atom stereocenters. The standard InChI is InChI=1S/C43H55N5O5/c1-28-32(31-14-15-34(47-35(31)36(49)52-38(2,3)4)30-18-29-12-10-11-13-33(29)45-19-30)20-46-48(28)27-42-22-40(8)21-41(9,23-42)25-43(24-40,26-42)51-17-16-44-37(50)53-39(5,6)7/h10-15,18-20H,16-17,21-27H2,1-9H3,(H,44,50). The minimum atomic E-state index is -0.690. The smallest absolute Gasteiger partial charge is 0.407 e. The van der Waals surface area contributed by atoms with Crippen molar-refractivity contribution < 1.29 is 23.8 Å². The van der Waals surface area contributed by atoms with Gasteiger partial charge < -0.3 is 19.5 Å². The summed E-state index contributed by atoms with van der Waals surface area (Å²) in [5.74, 6) is -0.475. The van der Waals surface area contributed by atoms with Gasteiger partial charge in [0.05, 0.1) is 29.6 Å². The molecule has 4 fully saturated rings. The van der Waals surface area contributed by atoms with Crippen LogP contribution >= 0.6 is 0 Å². The van der Waals surface area contributed by atoms with Gasteiger partial charge in [0.25, 0.3) is 0 Å². The van der Waals surface area contributed by atoms with Crippen molar-refractivity contribution in [2.75, 3.05) is 13.2 Å². The molecule has 3 aromatic heterocycles. The second-order valence-corrected chi connectivity index (χ2v) is 19.0. The molecular formula is C43H55N5O5. The first kappa shape index (κ1) is 37.0. The van der Waals surface area contributed by atoms with Crippen molar-refractivity contribution in [1.29, 1.82) is 0 Å². The first-order valence-corrected chi connectivity index (χ1v) is 19.0. The van der Waals surface area contributed by atoms with Crippen LogP contribution in [0.2, 0.25) is 0 Å². The van der Waals surface area contributed by atoms with Gasteiger partial charge in [0.1, 0.15) is 11.2 Å². The highest BCUT2D eigenvalue weighted by Crippen LogP contribution is 2.72. The van der Waals surface area contributed by atoms with Crippen molar-refractivity contribution in [2.24, 2.45) is 16.2 Å². The first-order valence-electron chi connectivity index (χ1n) is 19.0. The first-order chi connectivity index (χ1) is 24.8. The minimum absolute atomic E-state index is 0.00405. The zero-order chi connectivity index (χ0) is 38.0. The predicted octanol–water partition coefficient (Wildman–Crippen LogP) is 9.08. The summed E-state index contributed by atoms with van der Waals surface area (Å²) in [5, 5.41) is 8.85. The van der Waals surface area contributed by atoms with Gasteiger partial charge in [-0.2, -0.15) is 5.10 Å².